The summed E-state index contributed by atoms with van der Waals surface area (Å²) in [6, 6.07) is 19.7. The van der Waals surface area contributed by atoms with E-state index in [1.807, 2.05) is 37.4 Å². The van der Waals surface area contributed by atoms with Crippen LogP contribution < -0.4 is 10.2 Å². The monoisotopic (exact) mass is 460 g/mol. The third kappa shape index (κ3) is 7.15. The molecule has 0 saturated carbocycles. The van der Waals surface area contributed by atoms with Gasteiger partial charge in [-0.2, -0.15) is 0 Å². The number of sulfone groups is 1. The molecule has 0 aliphatic rings. The van der Waals surface area contributed by atoms with Crippen LogP contribution in [0.15, 0.2) is 71.1 Å². The molecular formula is C23H25ClN2O4S. The van der Waals surface area contributed by atoms with Gasteiger partial charge in [-0.15, -0.1) is 0 Å². The van der Waals surface area contributed by atoms with Crippen LogP contribution in [-0.2, 0) is 21.3 Å². The average molecular weight is 461 g/mol. The van der Waals surface area contributed by atoms with Crippen LogP contribution in [0.3, 0.4) is 0 Å². The van der Waals surface area contributed by atoms with Crippen LogP contribution in [0, 0.1) is 0 Å². The highest BCUT2D eigenvalue weighted by molar-refractivity contribution is 7.89. The molecule has 3 aromatic rings. The largest absolute Gasteiger partial charge is 0.455 e. The van der Waals surface area contributed by atoms with Crippen molar-refractivity contribution in [3.63, 3.8) is 0 Å². The fourth-order valence-electron chi connectivity index (χ4n) is 3.10. The van der Waals surface area contributed by atoms with Crippen LogP contribution in [0.2, 0.25) is 5.02 Å². The molecule has 1 heterocycles. The normalized spacial score (nSPS) is 11.3. The summed E-state index contributed by atoms with van der Waals surface area (Å²) < 4.78 is 30.3. The molecule has 0 fully saturated rings. The van der Waals surface area contributed by atoms with Gasteiger partial charge in [-0.25, -0.2) is 8.42 Å². The number of carbonyl (C=O) groups is 1. The standard InChI is InChI=1S/C23H25ClN2O4S/c1-26(20-6-3-2-4-7-20)15-5-14-25-23(27)22-13-12-21(30-22)17-31(28,29)16-18-8-10-19(24)11-9-18/h2-4,6-13H,5,14-17H2,1H3,(H,25,27). The minimum absolute atomic E-state index is 0.105. The predicted octanol–water partition coefficient (Wildman–Crippen LogP) is 4.30. The number of anilines is 1. The Kier molecular flexibility index (Phi) is 7.76. The third-order valence-corrected chi connectivity index (χ3v) is 6.45. The van der Waals surface area contributed by atoms with Crippen molar-refractivity contribution in [1.82, 2.24) is 5.32 Å². The first-order valence-electron chi connectivity index (χ1n) is 9.90. The average Bonchev–Trinajstić information content (AvgIpc) is 3.21. The second-order valence-electron chi connectivity index (χ2n) is 7.29. The molecule has 0 saturated heterocycles. The van der Waals surface area contributed by atoms with E-state index in [1.165, 1.54) is 12.1 Å². The highest BCUT2D eigenvalue weighted by Crippen LogP contribution is 2.17. The molecule has 2 aromatic carbocycles. The molecule has 0 atom stereocenters. The zero-order valence-electron chi connectivity index (χ0n) is 17.3. The number of nitrogens with one attached hydrogen (secondary N) is 1. The van der Waals surface area contributed by atoms with E-state index in [0.29, 0.717) is 17.1 Å². The van der Waals surface area contributed by atoms with Crippen LogP contribution >= 0.6 is 11.6 Å². The lowest BCUT2D eigenvalue weighted by Crippen LogP contribution is -2.27. The second-order valence-corrected chi connectivity index (χ2v) is 9.79. The maximum absolute atomic E-state index is 12.4. The van der Waals surface area contributed by atoms with Crippen LogP contribution in [-0.4, -0.2) is 34.5 Å². The Labute approximate surface area is 187 Å². The maximum Gasteiger partial charge on any atom is 0.286 e. The first-order valence-corrected chi connectivity index (χ1v) is 12.1. The van der Waals surface area contributed by atoms with Gasteiger partial charge in [0.05, 0.1) is 5.75 Å². The molecule has 6 nitrogen and oxygen atoms in total. The zero-order valence-corrected chi connectivity index (χ0v) is 18.8. The number of amides is 1. The smallest absolute Gasteiger partial charge is 0.286 e. The fraction of sp³-hybridized carbons (Fsp3) is 0.261. The van der Waals surface area contributed by atoms with E-state index in [4.69, 9.17) is 16.0 Å². The zero-order chi connectivity index (χ0) is 22.3. The summed E-state index contributed by atoms with van der Waals surface area (Å²) in [5.74, 6) is -0.411. The fourth-order valence-corrected chi connectivity index (χ4v) is 4.61. The summed E-state index contributed by atoms with van der Waals surface area (Å²) in [6.07, 6.45) is 0.764. The van der Waals surface area contributed by atoms with E-state index in [-0.39, 0.29) is 28.9 Å². The van der Waals surface area contributed by atoms with Gasteiger partial charge in [0.1, 0.15) is 11.5 Å². The first-order chi connectivity index (χ1) is 14.8. The Bertz CT molecular complexity index is 1100. The van der Waals surface area contributed by atoms with Crippen LogP contribution in [0.5, 0.6) is 0 Å². The number of hydrogen-bond donors (Lipinski definition) is 1. The van der Waals surface area contributed by atoms with Crippen molar-refractivity contribution >= 4 is 33.0 Å². The molecule has 1 amide bonds. The molecule has 0 unspecified atom stereocenters. The van der Waals surface area contributed by atoms with Crippen LogP contribution in [0.25, 0.3) is 0 Å². The van der Waals surface area contributed by atoms with E-state index in [9.17, 15) is 13.2 Å². The Hall–Kier alpha value is -2.77. The van der Waals surface area contributed by atoms with Gasteiger partial charge >= 0.3 is 0 Å². The lowest BCUT2D eigenvalue weighted by Gasteiger charge is -2.19. The Balaban J connectivity index is 1.46. The highest BCUT2D eigenvalue weighted by atomic mass is 35.5. The summed E-state index contributed by atoms with van der Waals surface area (Å²) in [5.41, 5.74) is 1.76. The van der Waals surface area contributed by atoms with E-state index >= 15 is 0 Å². The van der Waals surface area contributed by atoms with Gasteiger partial charge in [-0.1, -0.05) is 41.9 Å². The van der Waals surface area contributed by atoms with E-state index < -0.39 is 9.84 Å². The summed E-state index contributed by atoms with van der Waals surface area (Å²) in [5, 5.41) is 3.36. The molecule has 8 heteroatoms. The lowest BCUT2D eigenvalue weighted by atomic mass is 10.2. The summed E-state index contributed by atoms with van der Waals surface area (Å²) >= 11 is 5.83. The minimum Gasteiger partial charge on any atom is -0.455 e. The van der Waals surface area contributed by atoms with Crippen molar-refractivity contribution in [3.8, 4) is 0 Å². The summed E-state index contributed by atoms with van der Waals surface area (Å²) in [6.45, 7) is 1.28. The number of hydrogen-bond acceptors (Lipinski definition) is 5. The SMILES string of the molecule is CN(CCCNC(=O)c1ccc(CS(=O)(=O)Cc2ccc(Cl)cc2)o1)c1ccccc1. The van der Waals surface area contributed by atoms with Crippen LogP contribution in [0.4, 0.5) is 5.69 Å². The molecule has 0 radical (unpaired) electrons. The Morgan fingerprint density at radius 3 is 2.42 bits per heavy atom. The van der Waals surface area contributed by atoms with Crippen molar-refractivity contribution in [1.29, 1.82) is 0 Å². The van der Waals surface area contributed by atoms with Crippen molar-refractivity contribution in [2.45, 2.75) is 17.9 Å². The molecule has 1 aromatic heterocycles. The third-order valence-electron chi connectivity index (χ3n) is 4.70. The topological polar surface area (TPSA) is 79.6 Å². The Morgan fingerprint density at radius 2 is 1.71 bits per heavy atom. The molecule has 164 valence electrons. The van der Waals surface area contributed by atoms with Crippen molar-refractivity contribution in [2.24, 2.45) is 0 Å². The van der Waals surface area contributed by atoms with E-state index in [0.717, 1.165) is 18.7 Å². The molecular weight excluding hydrogens is 436 g/mol. The van der Waals surface area contributed by atoms with Gasteiger partial charge in [-0.05, 0) is 48.4 Å². The van der Waals surface area contributed by atoms with Crippen LogP contribution in [0.1, 0.15) is 28.3 Å². The van der Waals surface area contributed by atoms with Crippen molar-refractivity contribution in [2.75, 3.05) is 25.0 Å². The first kappa shape index (κ1) is 22.9. The number of nitrogens with zero attached hydrogens (tertiary/aromatic N) is 1. The summed E-state index contributed by atoms with van der Waals surface area (Å²) in [4.78, 5) is 14.4. The maximum atomic E-state index is 12.4. The summed E-state index contributed by atoms with van der Waals surface area (Å²) in [7, 11) is -1.44. The van der Waals surface area contributed by atoms with Gasteiger partial charge < -0.3 is 14.6 Å². The molecule has 3 rings (SSSR count). The van der Waals surface area contributed by atoms with Gasteiger partial charge in [-0.3, -0.25) is 4.79 Å². The highest BCUT2D eigenvalue weighted by Gasteiger charge is 2.18. The molecule has 0 aliphatic heterocycles. The van der Waals surface area contributed by atoms with Gasteiger partial charge in [0, 0.05) is 30.8 Å². The van der Waals surface area contributed by atoms with Gasteiger partial charge in [0.2, 0.25) is 0 Å². The number of carbonyl (C=O) groups excluding carboxylic acids is 1. The van der Waals surface area contributed by atoms with Gasteiger partial charge in [0.15, 0.2) is 15.6 Å². The molecule has 0 aliphatic carbocycles. The van der Waals surface area contributed by atoms with Crippen molar-refractivity contribution < 1.29 is 17.6 Å². The Morgan fingerprint density at radius 1 is 1.00 bits per heavy atom. The number of furan rings is 1. The minimum atomic E-state index is -3.44. The van der Waals surface area contributed by atoms with E-state index in [1.54, 1.807) is 24.3 Å². The van der Waals surface area contributed by atoms with E-state index in [2.05, 4.69) is 10.2 Å². The molecule has 1 N–H and O–H groups in total. The molecule has 0 bridgehead atoms. The second kappa shape index (κ2) is 10.5. The number of halogens is 1. The van der Waals surface area contributed by atoms with Crippen molar-refractivity contribution in [3.05, 3.63) is 88.8 Å². The number of rotatable bonds is 10. The number of benzene rings is 2. The lowest BCUT2D eigenvalue weighted by molar-refractivity contribution is 0.0924. The molecule has 31 heavy (non-hydrogen) atoms. The molecule has 0 spiro atoms. The number of para-hydroxylation sites is 1. The predicted molar refractivity (Wildman–Crippen MR) is 123 cm³/mol. The van der Waals surface area contributed by atoms with Gasteiger partial charge in [0.25, 0.3) is 5.91 Å². The quantitative estimate of drug-likeness (QED) is 0.456.